The van der Waals surface area contributed by atoms with Gasteiger partial charge in [0, 0.05) is 11.6 Å². The average molecular weight is 172 g/mol. The number of nitrogens with zero attached hydrogens (tertiary/aromatic N) is 2. The summed E-state index contributed by atoms with van der Waals surface area (Å²) in [4.78, 5) is 4.14. The van der Waals surface area contributed by atoms with Gasteiger partial charge in [0.25, 0.3) is 0 Å². The van der Waals surface area contributed by atoms with Crippen molar-refractivity contribution in [3.05, 3.63) is 48.0 Å². The highest BCUT2D eigenvalue weighted by Crippen LogP contribution is 2.03. The third-order valence-electron chi connectivity index (χ3n) is 1.83. The Morgan fingerprint density at radius 3 is 2.69 bits per heavy atom. The number of rotatable bonds is 0. The van der Waals surface area contributed by atoms with Gasteiger partial charge in [-0.1, -0.05) is 29.4 Å². The highest BCUT2D eigenvalue weighted by atomic mass is 16.4. The van der Waals surface area contributed by atoms with Crippen molar-refractivity contribution in [1.82, 2.24) is 4.98 Å². The van der Waals surface area contributed by atoms with E-state index in [2.05, 4.69) is 10.1 Å². The van der Waals surface area contributed by atoms with Crippen LogP contribution >= 0.6 is 0 Å². The van der Waals surface area contributed by atoms with Crippen LogP contribution < -0.4 is 5.36 Å². The molecule has 3 heteroatoms. The first-order valence-corrected chi connectivity index (χ1v) is 3.94. The minimum atomic E-state index is 0.487. The zero-order valence-corrected chi connectivity index (χ0v) is 6.88. The summed E-state index contributed by atoms with van der Waals surface area (Å²) in [5, 5.41) is 13.4. The SMILES string of the molecule is ON=c1ccccc2cccnc12. The summed E-state index contributed by atoms with van der Waals surface area (Å²) in [6.07, 6.45) is 1.68. The quantitative estimate of drug-likeness (QED) is 0.483. The number of fused-ring (bicyclic) bond motifs is 1. The van der Waals surface area contributed by atoms with Crippen LogP contribution in [0.25, 0.3) is 10.9 Å². The first kappa shape index (κ1) is 7.73. The van der Waals surface area contributed by atoms with Crippen molar-refractivity contribution in [1.29, 1.82) is 0 Å². The molecule has 2 aromatic rings. The van der Waals surface area contributed by atoms with Gasteiger partial charge in [0.15, 0.2) is 0 Å². The highest BCUT2D eigenvalue weighted by molar-refractivity contribution is 5.76. The largest absolute Gasteiger partial charge is 0.410 e. The molecule has 2 rings (SSSR count). The lowest BCUT2D eigenvalue weighted by Crippen LogP contribution is -2.00. The molecule has 0 aliphatic rings. The van der Waals surface area contributed by atoms with Crippen LogP contribution in [0.15, 0.2) is 47.8 Å². The highest BCUT2D eigenvalue weighted by Gasteiger charge is 1.92. The van der Waals surface area contributed by atoms with E-state index in [0.29, 0.717) is 10.9 Å². The maximum Gasteiger partial charge on any atom is 0.128 e. The minimum absolute atomic E-state index is 0.487. The monoisotopic (exact) mass is 172 g/mol. The fourth-order valence-corrected chi connectivity index (χ4v) is 1.23. The van der Waals surface area contributed by atoms with E-state index in [-0.39, 0.29) is 0 Å². The van der Waals surface area contributed by atoms with Gasteiger partial charge in [-0.3, -0.25) is 4.98 Å². The van der Waals surface area contributed by atoms with Gasteiger partial charge >= 0.3 is 0 Å². The van der Waals surface area contributed by atoms with Crippen molar-refractivity contribution in [2.75, 3.05) is 0 Å². The molecular formula is C10H8N2O. The molecular weight excluding hydrogens is 164 g/mol. The van der Waals surface area contributed by atoms with Crippen LogP contribution in [0.3, 0.4) is 0 Å². The van der Waals surface area contributed by atoms with Gasteiger partial charge in [0.2, 0.25) is 0 Å². The third kappa shape index (κ3) is 1.36. The number of aromatic nitrogens is 1. The molecule has 0 bridgehead atoms. The van der Waals surface area contributed by atoms with E-state index >= 15 is 0 Å². The molecule has 0 radical (unpaired) electrons. The van der Waals surface area contributed by atoms with Gasteiger partial charge in [-0.05, 0) is 12.1 Å². The van der Waals surface area contributed by atoms with Crippen molar-refractivity contribution in [3.8, 4) is 0 Å². The topological polar surface area (TPSA) is 45.5 Å². The minimum Gasteiger partial charge on any atom is -0.410 e. The molecule has 1 heterocycles. The van der Waals surface area contributed by atoms with Gasteiger partial charge in [-0.15, -0.1) is 0 Å². The van der Waals surface area contributed by atoms with E-state index in [1.165, 1.54) is 0 Å². The van der Waals surface area contributed by atoms with E-state index < -0.39 is 0 Å². The molecule has 0 amide bonds. The van der Waals surface area contributed by atoms with E-state index in [9.17, 15) is 0 Å². The number of pyridine rings is 1. The third-order valence-corrected chi connectivity index (χ3v) is 1.83. The van der Waals surface area contributed by atoms with Crippen LogP contribution in [0.4, 0.5) is 0 Å². The van der Waals surface area contributed by atoms with Crippen molar-refractivity contribution in [2.45, 2.75) is 0 Å². The molecule has 1 aromatic carbocycles. The van der Waals surface area contributed by atoms with Crippen LogP contribution in [0, 0.1) is 0 Å². The predicted molar refractivity (Wildman–Crippen MR) is 49.1 cm³/mol. The molecule has 1 N–H and O–H groups in total. The lowest BCUT2D eigenvalue weighted by Gasteiger charge is -1.88. The summed E-state index contributed by atoms with van der Waals surface area (Å²) in [5.74, 6) is 0. The first-order chi connectivity index (χ1) is 6.42. The van der Waals surface area contributed by atoms with Gasteiger partial charge in [-0.25, -0.2) is 0 Å². The normalized spacial score (nSPS) is 11.8. The summed E-state index contributed by atoms with van der Waals surface area (Å²) in [7, 11) is 0. The Kier molecular flexibility index (Phi) is 1.92. The van der Waals surface area contributed by atoms with Gasteiger partial charge in [-0.2, -0.15) is 0 Å². The van der Waals surface area contributed by atoms with Crippen LogP contribution in [0.1, 0.15) is 0 Å². The lowest BCUT2D eigenvalue weighted by atomic mass is 10.3. The maximum absolute atomic E-state index is 8.73. The Morgan fingerprint density at radius 2 is 1.85 bits per heavy atom. The average Bonchev–Trinajstić information content (AvgIpc) is 2.39. The van der Waals surface area contributed by atoms with E-state index in [1.807, 2.05) is 30.3 Å². The Hall–Kier alpha value is -1.90. The Bertz CT molecular complexity index is 494. The van der Waals surface area contributed by atoms with Crippen molar-refractivity contribution in [2.24, 2.45) is 5.16 Å². The van der Waals surface area contributed by atoms with Crippen LogP contribution in [0.5, 0.6) is 0 Å². The fraction of sp³-hybridized carbons (Fsp3) is 0. The van der Waals surface area contributed by atoms with Crippen LogP contribution in [-0.4, -0.2) is 10.2 Å². The van der Waals surface area contributed by atoms with E-state index in [0.717, 1.165) is 5.39 Å². The Morgan fingerprint density at radius 1 is 1.08 bits per heavy atom. The molecule has 0 unspecified atom stereocenters. The summed E-state index contributed by atoms with van der Waals surface area (Å²) in [6, 6.07) is 11.1. The molecule has 3 nitrogen and oxygen atoms in total. The second kappa shape index (κ2) is 3.23. The van der Waals surface area contributed by atoms with Crippen molar-refractivity contribution >= 4 is 10.9 Å². The summed E-state index contributed by atoms with van der Waals surface area (Å²) >= 11 is 0. The summed E-state index contributed by atoms with van der Waals surface area (Å²) in [5.41, 5.74) is 0.704. The second-order valence-electron chi connectivity index (χ2n) is 2.64. The zero-order chi connectivity index (χ0) is 9.10. The molecule has 0 saturated carbocycles. The maximum atomic E-state index is 8.73. The number of hydrogen-bond acceptors (Lipinski definition) is 3. The lowest BCUT2D eigenvalue weighted by molar-refractivity contribution is 0.303. The van der Waals surface area contributed by atoms with E-state index in [1.54, 1.807) is 12.3 Å². The predicted octanol–water partition coefficient (Wildman–Crippen LogP) is 1.52. The Labute approximate surface area is 75.0 Å². The Balaban J connectivity index is 3.04. The van der Waals surface area contributed by atoms with Crippen molar-refractivity contribution < 1.29 is 5.21 Å². The number of hydrogen-bond donors (Lipinski definition) is 1. The van der Waals surface area contributed by atoms with Gasteiger partial charge in [0.05, 0.1) is 5.52 Å². The van der Waals surface area contributed by atoms with Crippen LogP contribution in [-0.2, 0) is 0 Å². The fourth-order valence-electron chi connectivity index (χ4n) is 1.23. The molecule has 0 fully saturated rings. The molecule has 0 aliphatic carbocycles. The molecule has 0 saturated heterocycles. The first-order valence-electron chi connectivity index (χ1n) is 3.94. The molecule has 0 aliphatic heterocycles. The molecule has 1 aromatic heterocycles. The molecule has 64 valence electrons. The van der Waals surface area contributed by atoms with Crippen molar-refractivity contribution in [3.63, 3.8) is 0 Å². The molecule has 13 heavy (non-hydrogen) atoms. The van der Waals surface area contributed by atoms with Gasteiger partial charge in [0.1, 0.15) is 5.36 Å². The molecule has 0 spiro atoms. The molecule has 0 atom stereocenters. The summed E-state index contributed by atoms with van der Waals surface area (Å²) in [6.45, 7) is 0. The smallest absolute Gasteiger partial charge is 0.128 e. The standard InChI is InChI=1S/C10H8N2O/c13-12-9-6-2-1-4-8-5-3-7-11-10(8)9/h1-7,13H. The van der Waals surface area contributed by atoms with Gasteiger partial charge < -0.3 is 5.21 Å². The summed E-state index contributed by atoms with van der Waals surface area (Å²) < 4.78 is 0. The van der Waals surface area contributed by atoms with Crippen LogP contribution in [0.2, 0.25) is 0 Å². The van der Waals surface area contributed by atoms with E-state index in [4.69, 9.17) is 5.21 Å². The zero-order valence-electron chi connectivity index (χ0n) is 6.88. The second-order valence-corrected chi connectivity index (χ2v) is 2.64.